The molecular weight excluding hydrogens is 456 g/mol. The van der Waals surface area contributed by atoms with Gasteiger partial charge in [0.15, 0.2) is 18.9 Å². The highest BCUT2D eigenvalue weighted by Gasteiger charge is 2.54. The second-order valence-corrected chi connectivity index (χ2v) is 8.93. The third-order valence-corrected chi connectivity index (χ3v) is 6.85. The van der Waals surface area contributed by atoms with Crippen LogP contribution in [-0.2, 0) is 40.0 Å². The Kier molecular flexibility index (Phi) is 7.62. The molecule has 4 heterocycles. The lowest BCUT2D eigenvalue weighted by Crippen LogP contribution is -2.70. The summed E-state index contributed by atoms with van der Waals surface area (Å²) in [6.45, 7) is 0.404. The molecule has 2 amide bonds. The van der Waals surface area contributed by atoms with Gasteiger partial charge in [0.25, 0.3) is 5.91 Å². The fraction of sp³-hybridized carbons (Fsp3) is 0.250. The number of hydrogen-bond donors (Lipinski definition) is 2. The summed E-state index contributed by atoms with van der Waals surface area (Å²) >= 11 is 6.66. The average molecular weight is 475 g/mol. The summed E-state index contributed by atoms with van der Waals surface area (Å²) in [6.07, 6.45) is 3.93. The Balaban J connectivity index is 0.000000858. The molecule has 1 saturated heterocycles. The maximum Gasteiger partial charge on any atom is 0.352 e. The maximum atomic E-state index is 12.6. The summed E-state index contributed by atoms with van der Waals surface area (Å²) in [5.41, 5.74) is 0.718. The highest BCUT2D eigenvalue weighted by molar-refractivity contribution is 8.00. The van der Waals surface area contributed by atoms with Crippen molar-refractivity contribution in [2.24, 2.45) is 0 Å². The van der Waals surface area contributed by atoms with E-state index in [2.05, 4.69) is 17.9 Å². The highest BCUT2D eigenvalue weighted by atomic mass is 32.2. The van der Waals surface area contributed by atoms with E-state index in [1.54, 1.807) is 0 Å². The first-order valence-corrected chi connectivity index (χ1v) is 11.5. The van der Waals surface area contributed by atoms with Crippen molar-refractivity contribution in [3.8, 4) is 5.40 Å². The molecule has 2 aromatic heterocycles. The van der Waals surface area contributed by atoms with Crippen molar-refractivity contribution in [1.29, 1.82) is 5.26 Å². The number of amides is 2. The van der Waals surface area contributed by atoms with Crippen molar-refractivity contribution < 1.29 is 24.1 Å². The number of carbonyl (C=O) groups excluding carboxylic acids is 2. The Labute approximate surface area is 192 Å². The van der Waals surface area contributed by atoms with Gasteiger partial charge >= 0.3 is 5.97 Å². The number of thiocyanates is 1. The SMILES string of the molecule is N#C[S-].O=C(Cc1cccs1)NC1C(=O)N2C(C(=O)O)=C(C[n+]3ccccc3)CSC12. The van der Waals surface area contributed by atoms with Crippen molar-refractivity contribution in [1.82, 2.24) is 10.2 Å². The molecule has 0 radical (unpaired) electrons. The van der Waals surface area contributed by atoms with Crippen LogP contribution < -0.4 is 9.88 Å². The van der Waals surface area contributed by atoms with Gasteiger partial charge in [0.05, 0.1) is 6.42 Å². The van der Waals surface area contributed by atoms with Crippen molar-refractivity contribution in [3.05, 3.63) is 64.3 Å². The van der Waals surface area contributed by atoms with E-state index in [0.717, 1.165) is 4.88 Å². The number of carboxylic acids is 1. The Hall–Kier alpha value is -2.94. The first-order chi connectivity index (χ1) is 15.0. The van der Waals surface area contributed by atoms with Gasteiger partial charge in [-0.2, -0.15) is 0 Å². The molecule has 2 N–H and O–H groups in total. The van der Waals surface area contributed by atoms with Gasteiger partial charge in [-0.25, -0.2) is 14.6 Å². The van der Waals surface area contributed by atoms with Crippen molar-refractivity contribution >= 4 is 53.5 Å². The zero-order valence-corrected chi connectivity index (χ0v) is 18.6. The molecule has 2 aromatic rings. The summed E-state index contributed by atoms with van der Waals surface area (Å²) in [7, 11) is 0. The number of thioether (sulfide) groups is 1. The molecule has 31 heavy (non-hydrogen) atoms. The molecular formula is C20H18N4O4S3. The van der Waals surface area contributed by atoms with Gasteiger partial charge in [-0.15, -0.1) is 23.1 Å². The third kappa shape index (κ3) is 5.22. The highest BCUT2D eigenvalue weighted by Crippen LogP contribution is 2.40. The van der Waals surface area contributed by atoms with Crippen LogP contribution in [0.3, 0.4) is 0 Å². The van der Waals surface area contributed by atoms with E-state index in [9.17, 15) is 19.5 Å². The minimum absolute atomic E-state index is 0.0360. The number of pyridine rings is 1. The molecule has 2 atom stereocenters. The van der Waals surface area contributed by atoms with Crippen LogP contribution in [0.1, 0.15) is 4.88 Å². The smallest absolute Gasteiger partial charge is 0.352 e. The molecule has 4 rings (SSSR count). The zero-order chi connectivity index (χ0) is 22.4. The van der Waals surface area contributed by atoms with Crippen LogP contribution in [0, 0.1) is 10.7 Å². The number of carbonyl (C=O) groups is 3. The summed E-state index contributed by atoms with van der Waals surface area (Å²) in [5.74, 6) is -1.22. The quantitative estimate of drug-likeness (QED) is 0.278. The predicted molar refractivity (Wildman–Crippen MR) is 117 cm³/mol. The topological polar surface area (TPSA) is 114 Å². The molecule has 0 aromatic carbocycles. The van der Waals surface area contributed by atoms with Crippen LogP contribution in [0.2, 0.25) is 0 Å². The van der Waals surface area contributed by atoms with Crippen molar-refractivity contribution in [2.75, 3.05) is 5.75 Å². The maximum absolute atomic E-state index is 12.6. The van der Waals surface area contributed by atoms with E-state index in [1.807, 2.05) is 52.7 Å². The Morgan fingerprint density at radius 1 is 1.32 bits per heavy atom. The zero-order valence-electron chi connectivity index (χ0n) is 16.1. The lowest BCUT2D eigenvalue weighted by atomic mass is 10.0. The van der Waals surface area contributed by atoms with E-state index in [-0.39, 0.29) is 29.3 Å². The molecule has 0 saturated carbocycles. The van der Waals surface area contributed by atoms with Gasteiger partial charge < -0.3 is 23.1 Å². The fourth-order valence-corrected chi connectivity index (χ4v) is 5.40. The molecule has 2 aliphatic heterocycles. The number of carboxylic acid groups (broad SMARTS) is 1. The Morgan fingerprint density at radius 3 is 2.65 bits per heavy atom. The number of rotatable bonds is 6. The molecule has 2 unspecified atom stereocenters. The van der Waals surface area contributed by atoms with E-state index in [4.69, 9.17) is 5.26 Å². The number of fused-ring (bicyclic) bond motifs is 1. The molecule has 0 aliphatic carbocycles. The van der Waals surface area contributed by atoms with E-state index < -0.39 is 12.0 Å². The molecule has 2 aliphatic rings. The summed E-state index contributed by atoms with van der Waals surface area (Å²) in [4.78, 5) is 39.0. The van der Waals surface area contributed by atoms with Gasteiger partial charge in [-0.3, -0.25) is 14.5 Å². The van der Waals surface area contributed by atoms with Gasteiger partial charge in [0.1, 0.15) is 17.1 Å². The normalized spacial score (nSPS) is 19.3. The van der Waals surface area contributed by atoms with Crippen molar-refractivity contribution in [3.63, 3.8) is 0 Å². The summed E-state index contributed by atoms with van der Waals surface area (Å²) < 4.78 is 1.88. The van der Waals surface area contributed by atoms with Gasteiger partial charge in [0.2, 0.25) is 5.91 Å². The van der Waals surface area contributed by atoms with Crippen LogP contribution in [-0.4, -0.2) is 45.0 Å². The molecule has 160 valence electrons. The van der Waals surface area contributed by atoms with E-state index >= 15 is 0 Å². The van der Waals surface area contributed by atoms with Crippen LogP contribution in [0.15, 0.2) is 59.4 Å². The molecule has 11 heteroatoms. The second kappa shape index (κ2) is 10.4. The van der Waals surface area contributed by atoms with Gasteiger partial charge in [-0.1, -0.05) is 17.5 Å². The minimum Gasteiger partial charge on any atom is -0.696 e. The van der Waals surface area contributed by atoms with E-state index in [1.165, 1.54) is 33.4 Å². The third-order valence-electron chi connectivity index (χ3n) is 4.63. The van der Waals surface area contributed by atoms with Crippen LogP contribution in [0.25, 0.3) is 0 Å². The molecule has 0 spiro atoms. The molecule has 0 bridgehead atoms. The van der Waals surface area contributed by atoms with Gasteiger partial charge in [0, 0.05) is 28.3 Å². The number of β-lactam (4-membered cyclic amide) rings is 1. The predicted octanol–water partition coefficient (Wildman–Crippen LogP) is 1.03. The lowest BCUT2D eigenvalue weighted by molar-refractivity contribution is -0.689. The number of nitrogens with zero attached hydrogens (tertiary/aromatic N) is 3. The van der Waals surface area contributed by atoms with Crippen LogP contribution in [0.4, 0.5) is 0 Å². The minimum atomic E-state index is -1.12. The Bertz CT molecular complexity index is 1030. The molecule has 1 fully saturated rings. The Morgan fingerprint density at radius 2 is 2.03 bits per heavy atom. The van der Waals surface area contributed by atoms with Crippen LogP contribution in [0.5, 0.6) is 0 Å². The number of nitriles is 1. The molecule has 8 nitrogen and oxygen atoms in total. The first-order valence-electron chi connectivity index (χ1n) is 9.13. The number of nitrogens with one attached hydrogen (secondary N) is 1. The van der Waals surface area contributed by atoms with Crippen molar-refractivity contribution in [2.45, 2.75) is 24.4 Å². The summed E-state index contributed by atoms with van der Waals surface area (Å²) in [5, 5.41) is 22.5. The number of aromatic nitrogens is 1. The fourth-order valence-electron chi connectivity index (χ4n) is 3.36. The number of thiophene rings is 1. The lowest BCUT2D eigenvalue weighted by Gasteiger charge is -2.49. The van der Waals surface area contributed by atoms with E-state index in [0.29, 0.717) is 17.9 Å². The largest absolute Gasteiger partial charge is 0.696 e. The standard InChI is InChI=1S/C19H17N3O4S2.CHNS/c23-14(9-13-5-4-8-27-13)20-15-17(24)22-16(19(25)26)12(11-28-18(15)22)10-21-6-2-1-3-7-21;2-1-3/h1-8,15,18H,9-11H2,(H-,20,23,25,26);3H. The number of aliphatic carboxylic acids is 1. The number of hydrogen-bond acceptors (Lipinski definition) is 7. The van der Waals surface area contributed by atoms with Crippen LogP contribution >= 0.6 is 23.1 Å². The second-order valence-electron chi connectivity index (χ2n) is 6.61. The first kappa shape index (κ1) is 22.7. The van der Waals surface area contributed by atoms with Gasteiger partial charge in [-0.05, 0) is 11.4 Å². The average Bonchev–Trinajstić information content (AvgIpc) is 3.26. The monoisotopic (exact) mass is 474 g/mol. The summed E-state index contributed by atoms with van der Waals surface area (Å²) in [6, 6.07) is 8.68.